The highest BCUT2D eigenvalue weighted by Gasteiger charge is 1.93. The van der Waals surface area contributed by atoms with Gasteiger partial charge in [0, 0.05) is 26.4 Å². The first-order valence-corrected chi connectivity index (χ1v) is 7.57. The number of ether oxygens (including phenoxy) is 2. The zero-order valence-electron chi connectivity index (χ0n) is 12.0. The van der Waals surface area contributed by atoms with Gasteiger partial charge in [0.2, 0.25) is 0 Å². The summed E-state index contributed by atoms with van der Waals surface area (Å²) in [5, 5.41) is 0. The Balaban J connectivity index is 2.85. The van der Waals surface area contributed by atoms with Crippen LogP contribution in [0.25, 0.3) is 0 Å². The van der Waals surface area contributed by atoms with E-state index in [1.54, 1.807) is 0 Å². The van der Waals surface area contributed by atoms with Crippen molar-refractivity contribution in [2.24, 2.45) is 0 Å². The molecule has 104 valence electrons. The van der Waals surface area contributed by atoms with Crippen molar-refractivity contribution in [1.82, 2.24) is 0 Å². The summed E-state index contributed by atoms with van der Waals surface area (Å²) in [6, 6.07) is 0. The highest BCUT2D eigenvalue weighted by Crippen LogP contribution is 2.07. The normalized spacial score (nSPS) is 10.9. The van der Waals surface area contributed by atoms with Crippen molar-refractivity contribution in [2.45, 2.75) is 71.6 Å². The predicted octanol–water partition coefficient (Wildman–Crippen LogP) is 4.57. The minimum absolute atomic E-state index is 0.928. The van der Waals surface area contributed by atoms with Crippen LogP contribution < -0.4 is 0 Å². The van der Waals surface area contributed by atoms with E-state index in [0.29, 0.717) is 0 Å². The Bertz CT molecular complexity index is 112. The molecule has 0 aliphatic rings. The molecular formula is C15H32O2. The molecule has 2 heteroatoms. The molecule has 0 saturated carbocycles. The predicted molar refractivity (Wildman–Crippen MR) is 74.5 cm³/mol. The van der Waals surface area contributed by atoms with Crippen LogP contribution in [-0.4, -0.2) is 26.4 Å². The van der Waals surface area contributed by atoms with Crippen molar-refractivity contribution in [3.8, 4) is 0 Å². The molecule has 2 nitrogen and oxygen atoms in total. The van der Waals surface area contributed by atoms with Gasteiger partial charge in [0.1, 0.15) is 0 Å². The molecule has 0 aliphatic carbocycles. The van der Waals surface area contributed by atoms with E-state index in [9.17, 15) is 0 Å². The van der Waals surface area contributed by atoms with Gasteiger partial charge in [-0.3, -0.25) is 0 Å². The van der Waals surface area contributed by atoms with Crippen molar-refractivity contribution >= 4 is 0 Å². The molecule has 0 aliphatic heterocycles. The lowest BCUT2D eigenvalue weighted by Crippen LogP contribution is -1.96. The number of hydrogen-bond acceptors (Lipinski definition) is 2. The molecule has 0 N–H and O–H groups in total. The van der Waals surface area contributed by atoms with Crippen LogP contribution in [0.4, 0.5) is 0 Å². The second-order valence-electron chi connectivity index (χ2n) is 4.70. The molecule has 0 aromatic carbocycles. The van der Waals surface area contributed by atoms with Gasteiger partial charge in [0.15, 0.2) is 0 Å². The van der Waals surface area contributed by atoms with Gasteiger partial charge in [-0.1, -0.05) is 46.0 Å². The van der Waals surface area contributed by atoms with Crippen molar-refractivity contribution in [3.05, 3.63) is 0 Å². The van der Waals surface area contributed by atoms with Gasteiger partial charge in [-0.15, -0.1) is 0 Å². The monoisotopic (exact) mass is 244 g/mol. The third-order valence-electron chi connectivity index (χ3n) is 2.77. The standard InChI is InChI=1S/C15H32O2/c1-3-12-16-14-10-8-6-5-7-9-11-15-17-13-4-2/h3-15H2,1-2H3. The van der Waals surface area contributed by atoms with E-state index in [2.05, 4.69) is 13.8 Å². The molecule has 17 heavy (non-hydrogen) atoms. The average Bonchev–Trinajstić information content (AvgIpc) is 2.35. The fourth-order valence-corrected chi connectivity index (χ4v) is 1.78. The average molecular weight is 244 g/mol. The van der Waals surface area contributed by atoms with Crippen molar-refractivity contribution in [2.75, 3.05) is 26.4 Å². The quantitative estimate of drug-likeness (QED) is 0.417. The van der Waals surface area contributed by atoms with E-state index < -0.39 is 0 Å². The third-order valence-corrected chi connectivity index (χ3v) is 2.77. The van der Waals surface area contributed by atoms with Crippen LogP contribution in [0.2, 0.25) is 0 Å². The molecule has 0 aromatic rings. The zero-order chi connectivity index (χ0) is 12.6. The van der Waals surface area contributed by atoms with E-state index in [-0.39, 0.29) is 0 Å². The van der Waals surface area contributed by atoms with Crippen LogP contribution in [0.15, 0.2) is 0 Å². The lowest BCUT2D eigenvalue weighted by molar-refractivity contribution is 0.129. The minimum Gasteiger partial charge on any atom is -0.381 e. The molecule has 0 bridgehead atoms. The molecule has 0 heterocycles. The fraction of sp³-hybridized carbons (Fsp3) is 1.00. The lowest BCUT2D eigenvalue weighted by Gasteiger charge is -2.04. The Hall–Kier alpha value is -0.0800. The molecule has 0 saturated heterocycles. The van der Waals surface area contributed by atoms with Crippen LogP contribution in [0.1, 0.15) is 71.6 Å². The molecule has 0 fully saturated rings. The first-order valence-electron chi connectivity index (χ1n) is 7.57. The van der Waals surface area contributed by atoms with Gasteiger partial charge in [-0.2, -0.15) is 0 Å². The molecule has 0 unspecified atom stereocenters. The molecule has 0 aromatic heterocycles. The van der Waals surface area contributed by atoms with Crippen LogP contribution in [-0.2, 0) is 9.47 Å². The summed E-state index contributed by atoms with van der Waals surface area (Å²) in [7, 11) is 0. The Morgan fingerprint density at radius 1 is 0.471 bits per heavy atom. The van der Waals surface area contributed by atoms with Gasteiger partial charge in [0.05, 0.1) is 0 Å². The van der Waals surface area contributed by atoms with E-state index in [0.717, 1.165) is 39.3 Å². The minimum atomic E-state index is 0.928. The topological polar surface area (TPSA) is 18.5 Å². The highest BCUT2D eigenvalue weighted by atomic mass is 16.5. The number of rotatable bonds is 14. The number of unbranched alkanes of at least 4 members (excludes halogenated alkanes) is 6. The van der Waals surface area contributed by atoms with E-state index in [1.165, 1.54) is 44.9 Å². The van der Waals surface area contributed by atoms with Gasteiger partial charge < -0.3 is 9.47 Å². The first-order chi connectivity index (χ1) is 8.41. The highest BCUT2D eigenvalue weighted by molar-refractivity contribution is 4.46. The van der Waals surface area contributed by atoms with E-state index in [1.807, 2.05) is 0 Å². The first kappa shape index (κ1) is 16.9. The Labute approximate surface area is 108 Å². The molecule has 0 radical (unpaired) electrons. The third kappa shape index (κ3) is 15.9. The molecule has 0 atom stereocenters. The van der Waals surface area contributed by atoms with Crippen LogP contribution in [0, 0.1) is 0 Å². The molecule has 0 rings (SSSR count). The van der Waals surface area contributed by atoms with Crippen molar-refractivity contribution in [1.29, 1.82) is 0 Å². The van der Waals surface area contributed by atoms with Crippen molar-refractivity contribution in [3.63, 3.8) is 0 Å². The SMILES string of the molecule is CCCOCCCCCCCCCOCCC. The zero-order valence-corrected chi connectivity index (χ0v) is 12.0. The fourth-order valence-electron chi connectivity index (χ4n) is 1.78. The second kappa shape index (κ2) is 15.9. The Kier molecular flexibility index (Phi) is 15.8. The van der Waals surface area contributed by atoms with Gasteiger partial charge >= 0.3 is 0 Å². The van der Waals surface area contributed by atoms with Gasteiger partial charge in [0.25, 0.3) is 0 Å². The largest absolute Gasteiger partial charge is 0.381 e. The summed E-state index contributed by atoms with van der Waals surface area (Å²) in [4.78, 5) is 0. The van der Waals surface area contributed by atoms with Crippen LogP contribution in [0.5, 0.6) is 0 Å². The smallest absolute Gasteiger partial charge is 0.0466 e. The van der Waals surface area contributed by atoms with Gasteiger partial charge in [-0.05, 0) is 25.7 Å². The summed E-state index contributed by atoms with van der Waals surface area (Å²) < 4.78 is 10.9. The Morgan fingerprint density at radius 2 is 0.824 bits per heavy atom. The Morgan fingerprint density at radius 3 is 1.18 bits per heavy atom. The summed E-state index contributed by atoms with van der Waals surface area (Å²) >= 11 is 0. The summed E-state index contributed by atoms with van der Waals surface area (Å²) in [6.07, 6.45) is 11.5. The molecule has 0 spiro atoms. The number of hydrogen-bond donors (Lipinski definition) is 0. The summed E-state index contributed by atoms with van der Waals surface area (Å²) in [6.45, 7) is 8.08. The van der Waals surface area contributed by atoms with Crippen molar-refractivity contribution < 1.29 is 9.47 Å². The van der Waals surface area contributed by atoms with Crippen LogP contribution >= 0.6 is 0 Å². The van der Waals surface area contributed by atoms with E-state index in [4.69, 9.17) is 9.47 Å². The van der Waals surface area contributed by atoms with Crippen LogP contribution in [0.3, 0.4) is 0 Å². The lowest BCUT2D eigenvalue weighted by atomic mass is 10.1. The molecule has 0 amide bonds. The van der Waals surface area contributed by atoms with E-state index >= 15 is 0 Å². The molecular weight excluding hydrogens is 212 g/mol. The maximum Gasteiger partial charge on any atom is 0.0466 e. The summed E-state index contributed by atoms with van der Waals surface area (Å²) in [5.41, 5.74) is 0. The second-order valence-corrected chi connectivity index (χ2v) is 4.70. The van der Waals surface area contributed by atoms with Gasteiger partial charge in [-0.25, -0.2) is 0 Å². The maximum absolute atomic E-state index is 5.45. The maximum atomic E-state index is 5.45. The summed E-state index contributed by atoms with van der Waals surface area (Å²) in [5.74, 6) is 0.